The lowest BCUT2D eigenvalue weighted by molar-refractivity contribution is -0.131. The maximum atomic E-state index is 12.4. The summed E-state index contributed by atoms with van der Waals surface area (Å²) < 4.78 is 6.17. The van der Waals surface area contributed by atoms with Crippen molar-refractivity contribution in [1.82, 2.24) is 4.90 Å². The van der Waals surface area contributed by atoms with Gasteiger partial charge >= 0.3 is 0 Å². The standard InChI is InChI=1S/C14H17BrClNO2/c1-19-12-6-5-10(15)9-11(12)13(16)14(18)17-7-3-2-4-8-17/h5-6,9,13H,2-4,7-8H2,1H3. The van der Waals surface area contributed by atoms with Crippen molar-refractivity contribution < 1.29 is 9.53 Å². The molecule has 1 atom stereocenters. The number of halogens is 2. The van der Waals surface area contributed by atoms with Gasteiger partial charge in [-0.25, -0.2) is 0 Å². The molecule has 19 heavy (non-hydrogen) atoms. The molecule has 1 unspecified atom stereocenters. The first-order chi connectivity index (χ1) is 9.13. The molecule has 0 saturated carbocycles. The number of rotatable bonds is 3. The number of carbonyl (C=O) groups excluding carboxylic acids is 1. The monoisotopic (exact) mass is 345 g/mol. The summed E-state index contributed by atoms with van der Waals surface area (Å²) in [5.74, 6) is 0.617. The lowest BCUT2D eigenvalue weighted by atomic mass is 10.1. The molecule has 5 heteroatoms. The fourth-order valence-electron chi connectivity index (χ4n) is 2.31. The number of benzene rings is 1. The highest BCUT2D eigenvalue weighted by atomic mass is 79.9. The third-order valence-electron chi connectivity index (χ3n) is 3.35. The van der Waals surface area contributed by atoms with Crippen molar-refractivity contribution in [3.05, 3.63) is 28.2 Å². The predicted molar refractivity (Wildman–Crippen MR) is 79.7 cm³/mol. The molecule has 0 bridgehead atoms. The van der Waals surface area contributed by atoms with Crippen molar-refractivity contribution in [2.75, 3.05) is 20.2 Å². The van der Waals surface area contributed by atoms with Gasteiger partial charge < -0.3 is 9.64 Å². The van der Waals surface area contributed by atoms with Gasteiger partial charge in [0.25, 0.3) is 0 Å². The lowest BCUT2D eigenvalue weighted by Gasteiger charge is -2.29. The largest absolute Gasteiger partial charge is 0.496 e. The quantitative estimate of drug-likeness (QED) is 0.780. The van der Waals surface area contributed by atoms with Crippen molar-refractivity contribution in [1.29, 1.82) is 0 Å². The molecule has 1 aliphatic rings. The zero-order valence-electron chi connectivity index (χ0n) is 10.9. The first-order valence-corrected chi connectivity index (χ1v) is 7.62. The Morgan fingerprint density at radius 2 is 2.05 bits per heavy atom. The summed E-state index contributed by atoms with van der Waals surface area (Å²) in [5, 5.41) is -0.689. The van der Waals surface area contributed by atoms with Gasteiger partial charge in [-0.1, -0.05) is 15.9 Å². The van der Waals surface area contributed by atoms with Crippen LogP contribution in [0.4, 0.5) is 0 Å². The zero-order valence-corrected chi connectivity index (χ0v) is 13.2. The number of ether oxygens (including phenoxy) is 1. The molecule has 0 N–H and O–H groups in total. The number of likely N-dealkylation sites (tertiary alicyclic amines) is 1. The van der Waals surface area contributed by atoms with Crippen LogP contribution in [0.15, 0.2) is 22.7 Å². The minimum absolute atomic E-state index is 0.0298. The number of carbonyl (C=O) groups is 1. The second-order valence-corrected chi connectivity index (χ2v) is 5.99. The molecule has 0 aliphatic carbocycles. The van der Waals surface area contributed by atoms with Gasteiger partial charge in [0.05, 0.1) is 7.11 Å². The van der Waals surface area contributed by atoms with Gasteiger partial charge in [0.2, 0.25) is 5.91 Å². The van der Waals surface area contributed by atoms with E-state index in [4.69, 9.17) is 16.3 Å². The van der Waals surface area contributed by atoms with Crippen molar-refractivity contribution in [3.63, 3.8) is 0 Å². The number of alkyl halides is 1. The second-order valence-electron chi connectivity index (χ2n) is 4.63. The van der Waals surface area contributed by atoms with Crippen LogP contribution in [0.25, 0.3) is 0 Å². The Bertz CT molecular complexity index is 461. The van der Waals surface area contributed by atoms with Crippen molar-refractivity contribution in [2.24, 2.45) is 0 Å². The summed E-state index contributed by atoms with van der Waals surface area (Å²) in [5.41, 5.74) is 0.717. The molecule has 104 valence electrons. The molecular weight excluding hydrogens is 330 g/mol. The summed E-state index contributed by atoms with van der Waals surface area (Å²) in [6, 6.07) is 5.54. The molecule has 1 saturated heterocycles. The van der Waals surface area contributed by atoms with Crippen molar-refractivity contribution >= 4 is 33.4 Å². The van der Waals surface area contributed by atoms with Gasteiger partial charge in [-0.2, -0.15) is 0 Å². The Morgan fingerprint density at radius 3 is 2.68 bits per heavy atom. The Kier molecular flexibility index (Phi) is 5.11. The van der Waals surface area contributed by atoms with E-state index in [1.807, 2.05) is 23.1 Å². The lowest BCUT2D eigenvalue weighted by Crippen LogP contribution is -2.37. The van der Waals surface area contributed by atoms with E-state index in [1.54, 1.807) is 7.11 Å². The zero-order chi connectivity index (χ0) is 13.8. The van der Waals surface area contributed by atoms with Crippen LogP contribution in [-0.4, -0.2) is 31.0 Å². The SMILES string of the molecule is COc1ccc(Br)cc1C(Cl)C(=O)N1CCCCC1. The molecular formula is C14H17BrClNO2. The molecule has 1 aromatic rings. The summed E-state index contributed by atoms with van der Waals surface area (Å²) in [6.45, 7) is 1.61. The Balaban J connectivity index is 2.20. The fraction of sp³-hybridized carbons (Fsp3) is 0.500. The second kappa shape index (κ2) is 6.62. The van der Waals surface area contributed by atoms with E-state index < -0.39 is 5.38 Å². The molecule has 1 aromatic carbocycles. The smallest absolute Gasteiger partial charge is 0.245 e. The molecule has 0 radical (unpaired) electrons. The van der Waals surface area contributed by atoms with E-state index >= 15 is 0 Å². The average Bonchev–Trinajstić information content (AvgIpc) is 2.46. The third kappa shape index (κ3) is 3.42. The Hall–Kier alpha value is -0.740. The minimum Gasteiger partial charge on any atom is -0.496 e. The Morgan fingerprint density at radius 1 is 1.37 bits per heavy atom. The topological polar surface area (TPSA) is 29.5 Å². The number of amides is 1. The number of piperidine rings is 1. The first-order valence-electron chi connectivity index (χ1n) is 6.40. The molecule has 2 rings (SSSR count). The Labute approximate surface area is 127 Å². The van der Waals surface area contributed by atoms with Crippen LogP contribution in [0.1, 0.15) is 30.2 Å². The van der Waals surface area contributed by atoms with Crippen LogP contribution >= 0.6 is 27.5 Å². The minimum atomic E-state index is -0.689. The molecule has 3 nitrogen and oxygen atoms in total. The molecule has 1 fully saturated rings. The van der Waals surface area contributed by atoms with Gasteiger partial charge in [-0.3, -0.25) is 4.79 Å². The van der Waals surface area contributed by atoms with E-state index in [0.717, 1.165) is 30.4 Å². The van der Waals surface area contributed by atoms with Crippen LogP contribution in [0.3, 0.4) is 0 Å². The molecule has 1 heterocycles. The maximum absolute atomic E-state index is 12.4. The average molecular weight is 347 g/mol. The highest BCUT2D eigenvalue weighted by Gasteiger charge is 2.27. The summed E-state index contributed by atoms with van der Waals surface area (Å²) in [7, 11) is 1.59. The van der Waals surface area contributed by atoms with E-state index in [1.165, 1.54) is 6.42 Å². The van der Waals surface area contributed by atoms with Crippen LogP contribution in [0.2, 0.25) is 0 Å². The summed E-state index contributed by atoms with van der Waals surface area (Å²) >= 11 is 9.75. The van der Waals surface area contributed by atoms with Gasteiger partial charge in [0, 0.05) is 23.1 Å². The molecule has 1 amide bonds. The van der Waals surface area contributed by atoms with Gasteiger partial charge in [-0.05, 0) is 37.5 Å². The van der Waals surface area contributed by atoms with Crippen LogP contribution in [0.5, 0.6) is 5.75 Å². The maximum Gasteiger partial charge on any atom is 0.245 e. The van der Waals surface area contributed by atoms with Crippen LogP contribution in [0, 0.1) is 0 Å². The van der Waals surface area contributed by atoms with E-state index in [9.17, 15) is 4.79 Å². The van der Waals surface area contributed by atoms with E-state index in [2.05, 4.69) is 15.9 Å². The summed E-state index contributed by atoms with van der Waals surface area (Å²) in [6.07, 6.45) is 3.31. The first kappa shape index (κ1) is 14.7. The van der Waals surface area contributed by atoms with E-state index in [-0.39, 0.29) is 5.91 Å². The molecule has 0 spiro atoms. The van der Waals surface area contributed by atoms with Crippen LogP contribution in [-0.2, 0) is 4.79 Å². The van der Waals surface area contributed by atoms with Gasteiger partial charge in [0.15, 0.2) is 0 Å². The highest BCUT2D eigenvalue weighted by molar-refractivity contribution is 9.10. The van der Waals surface area contributed by atoms with Crippen molar-refractivity contribution in [2.45, 2.75) is 24.6 Å². The fourth-order valence-corrected chi connectivity index (χ4v) is 3.00. The predicted octanol–water partition coefficient (Wildman–Crippen LogP) is 3.75. The number of methoxy groups -OCH3 is 1. The number of hydrogen-bond donors (Lipinski definition) is 0. The summed E-state index contributed by atoms with van der Waals surface area (Å²) in [4.78, 5) is 14.2. The van der Waals surface area contributed by atoms with E-state index in [0.29, 0.717) is 11.3 Å². The third-order valence-corrected chi connectivity index (χ3v) is 4.26. The van der Waals surface area contributed by atoms with Crippen LogP contribution < -0.4 is 4.74 Å². The highest BCUT2D eigenvalue weighted by Crippen LogP contribution is 2.34. The normalized spacial score (nSPS) is 17.1. The number of hydrogen-bond acceptors (Lipinski definition) is 2. The van der Waals surface area contributed by atoms with Gasteiger partial charge in [0.1, 0.15) is 11.1 Å². The van der Waals surface area contributed by atoms with Crippen molar-refractivity contribution in [3.8, 4) is 5.75 Å². The molecule has 1 aliphatic heterocycles. The van der Waals surface area contributed by atoms with Gasteiger partial charge in [-0.15, -0.1) is 11.6 Å². The number of nitrogens with zero attached hydrogens (tertiary/aromatic N) is 1. The molecule has 0 aromatic heterocycles.